The fourth-order valence-corrected chi connectivity index (χ4v) is 3.90. The van der Waals surface area contributed by atoms with Gasteiger partial charge in [0.25, 0.3) is 0 Å². The zero-order valence-corrected chi connectivity index (χ0v) is 13.8. The maximum atomic E-state index is 12.6. The first-order valence-corrected chi connectivity index (χ1v) is 8.78. The molecule has 0 aromatic heterocycles. The van der Waals surface area contributed by atoms with Crippen molar-refractivity contribution in [3.8, 4) is 0 Å². The van der Waals surface area contributed by atoms with Crippen molar-refractivity contribution in [2.45, 2.75) is 44.6 Å². The highest BCUT2D eigenvalue weighted by molar-refractivity contribution is 6.30. The molecule has 1 heterocycles. The first-order valence-electron chi connectivity index (χ1n) is 8.40. The van der Waals surface area contributed by atoms with Crippen LogP contribution < -0.4 is 5.73 Å². The minimum Gasteiger partial charge on any atom is -0.342 e. The number of hydrogen-bond acceptors (Lipinski definition) is 2. The van der Waals surface area contributed by atoms with E-state index in [1.807, 2.05) is 12.1 Å². The van der Waals surface area contributed by atoms with Gasteiger partial charge in [-0.25, -0.2) is 0 Å². The number of rotatable bonds is 3. The quantitative estimate of drug-likeness (QED) is 0.929. The van der Waals surface area contributed by atoms with Gasteiger partial charge >= 0.3 is 0 Å². The summed E-state index contributed by atoms with van der Waals surface area (Å²) in [6.45, 7) is 1.82. The second-order valence-corrected chi connectivity index (χ2v) is 7.32. The van der Waals surface area contributed by atoms with Crippen LogP contribution in [0.25, 0.3) is 0 Å². The van der Waals surface area contributed by atoms with E-state index >= 15 is 0 Å². The molecule has 0 radical (unpaired) electrons. The highest BCUT2D eigenvalue weighted by atomic mass is 35.5. The van der Waals surface area contributed by atoms with E-state index in [1.165, 1.54) is 5.56 Å². The number of halogens is 1. The number of amides is 1. The fourth-order valence-electron chi connectivity index (χ4n) is 3.78. The van der Waals surface area contributed by atoms with Crippen LogP contribution in [0.5, 0.6) is 0 Å². The Bertz CT molecular complexity index is 508. The summed E-state index contributed by atoms with van der Waals surface area (Å²) in [5.74, 6) is 1.16. The van der Waals surface area contributed by atoms with Gasteiger partial charge in [0.2, 0.25) is 5.91 Å². The smallest absolute Gasteiger partial charge is 0.225 e. The summed E-state index contributed by atoms with van der Waals surface area (Å²) >= 11 is 5.93. The maximum absolute atomic E-state index is 12.6. The van der Waals surface area contributed by atoms with Gasteiger partial charge in [-0.3, -0.25) is 4.79 Å². The Hall–Kier alpha value is -1.06. The van der Waals surface area contributed by atoms with Gasteiger partial charge in [-0.05, 0) is 62.1 Å². The van der Waals surface area contributed by atoms with Crippen LogP contribution >= 0.6 is 11.6 Å². The van der Waals surface area contributed by atoms with E-state index in [-0.39, 0.29) is 5.92 Å². The summed E-state index contributed by atoms with van der Waals surface area (Å²) in [6.07, 6.45) is 6.09. The van der Waals surface area contributed by atoms with Gasteiger partial charge in [-0.1, -0.05) is 23.7 Å². The highest BCUT2D eigenvalue weighted by Gasteiger charge is 2.32. The molecule has 4 heteroatoms. The second-order valence-electron chi connectivity index (χ2n) is 6.88. The van der Waals surface area contributed by atoms with Gasteiger partial charge in [0.05, 0.1) is 0 Å². The largest absolute Gasteiger partial charge is 0.342 e. The molecule has 3 rings (SSSR count). The lowest BCUT2D eigenvalue weighted by Crippen LogP contribution is -2.38. The molecule has 1 aliphatic carbocycles. The Morgan fingerprint density at radius 2 is 1.82 bits per heavy atom. The number of carbonyl (C=O) groups excluding carboxylic acids is 1. The Labute approximate surface area is 137 Å². The summed E-state index contributed by atoms with van der Waals surface area (Å²) < 4.78 is 0. The maximum Gasteiger partial charge on any atom is 0.225 e. The van der Waals surface area contributed by atoms with Crippen LogP contribution in [0.1, 0.15) is 37.7 Å². The number of benzene rings is 1. The van der Waals surface area contributed by atoms with E-state index < -0.39 is 0 Å². The predicted molar refractivity (Wildman–Crippen MR) is 89.8 cm³/mol. The van der Waals surface area contributed by atoms with Crippen molar-refractivity contribution in [1.29, 1.82) is 0 Å². The Balaban J connectivity index is 1.51. The molecule has 1 amide bonds. The summed E-state index contributed by atoms with van der Waals surface area (Å²) in [6, 6.07) is 8.38. The summed E-state index contributed by atoms with van der Waals surface area (Å²) in [4.78, 5) is 14.7. The third-order valence-corrected chi connectivity index (χ3v) is 5.41. The fraction of sp³-hybridized carbons (Fsp3) is 0.611. The summed E-state index contributed by atoms with van der Waals surface area (Å²) in [5.41, 5.74) is 7.25. The van der Waals surface area contributed by atoms with Crippen molar-refractivity contribution in [2.75, 3.05) is 13.1 Å². The number of likely N-dealkylation sites (tertiary alicyclic amines) is 1. The molecule has 1 aromatic carbocycles. The minimum absolute atomic E-state index is 0.217. The van der Waals surface area contributed by atoms with Crippen LogP contribution in [-0.2, 0) is 11.2 Å². The van der Waals surface area contributed by atoms with Gasteiger partial charge < -0.3 is 10.6 Å². The molecule has 2 fully saturated rings. The van der Waals surface area contributed by atoms with Crippen molar-refractivity contribution in [2.24, 2.45) is 17.6 Å². The summed E-state index contributed by atoms with van der Waals surface area (Å²) in [5, 5.41) is 0.780. The topological polar surface area (TPSA) is 46.3 Å². The van der Waals surface area contributed by atoms with E-state index in [9.17, 15) is 4.79 Å². The number of nitrogens with two attached hydrogens (primary N) is 1. The van der Waals surface area contributed by atoms with Crippen molar-refractivity contribution >= 4 is 17.5 Å². The predicted octanol–water partition coefficient (Wildman–Crippen LogP) is 3.25. The van der Waals surface area contributed by atoms with E-state index in [0.717, 1.165) is 56.6 Å². The first kappa shape index (κ1) is 15.8. The lowest BCUT2D eigenvalue weighted by molar-refractivity contribution is -0.135. The van der Waals surface area contributed by atoms with E-state index in [2.05, 4.69) is 17.0 Å². The normalized spacial score (nSPS) is 28.8. The van der Waals surface area contributed by atoms with Crippen molar-refractivity contribution in [1.82, 2.24) is 4.90 Å². The molecular formula is C18H25ClN2O. The summed E-state index contributed by atoms with van der Waals surface area (Å²) in [7, 11) is 0. The average molecular weight is 321 g/mol. The van der Waals surface area contributed by atoms with Gasteiger partial charge in [0.1, 0.15) is 0 Å². The molecular weight excluding hydrogens is 296 g/mol. The van der Waals surface area contributed by atoms with Crippen LogP contribution in [-0.4, -0.2) is 29.9 Å². The van der Waals surface area contributed by atoms with Crippen LogP contribution in [0.3, 0.4) is 0 Å². The van der Waals surface area contributed by atoms with Crippen molar-refractivity contribution in [3.63, 3.8) is 0 Å². The highest BCUT2D eigenvalue weighted by Crippen LogP contribution is 2.28. The molecule has 1 aromatic rings. The zero-order valence-electron chi connectivity index (χ0n) is 13.0. The lowest BCUT2D eigenvalue weighted by atomic mass is 9.85. The van der Waals surface area contributed by atoms with Gasteiger partial charge in [-0.15, -0.1) is 0 Å². The number of carbonyl (C=O) groups is 1. The molecule has 22 heavy (non-hydrogen) atoms. The molecule has 0 spiro atoms. The van der Waals surface area contributed by atoms with E-state index in [0.29, 0.717) is 17.9 Å². The molecule has 2 aliphatic rings. The zero-order chi connectivity index (χ0) is 15.5. The molecule has 2 N–H and O–H groups in total. The Kier molecular flexibility index (Phi) is 5.04. The van der Waals surface area contributed by atoms with E-state index in [1.54, 1.807) is 0 Å². The Morgan fingerprint density at radius 1 is 1.14 bits per heavy atom. The van der Waals surface area contributed by atoms with Crippen LogP contribution in [0.15, 0.2) is 24.3 Å². The second kappa shape index (κ2) is 7.01. The Morgan fingerprint density at radius 3 is 2.50 bits per heavy atom. The number of nitrogens with zero attached hydrogens (tertiary/aromatic N) is 1. The van der Waals surface area contributed by atoms with Crippen LogP contribution in [0.2, 0.25) is 5.02 Å². The van der Waals surface area contributed by atoms with E-state index in [4.69, 9.17) is 17.3 Å². The standard InChI is InChI=1S/C18H25ClN2O/c19-16-5-1-13(2-6-16)11-14-9-10-21(12-14)18(22)15-3-7-17(20)8-4-15/h1-2,5-6,14-15,17H,3-4,7-12,20H2. The third kappa shape index (κ3) is 3.82. The first-order chi connectivity index (χ1) is 10.6. The van der Waals surface area contributed by atoms with Crippen LogP contribution in [0, 0.1) is 11.8 Å². The average Bonchev–Trinajstić information content (AvgIpc) is 2.98. The molecule has 1 saturated carbocycles. The lowest BCUT2D eigenvalue weighted by Gasteiger charge is -2.29. The molecule has 3 nitrogen and oxygen atoms in total. The monoisotopic (exact) mass is 320 g/mol. The molecule has 1 unspecified atom stereocenters. The number of hydrogen-bond donors (Lipinski definition) is 1. The van der Waals surface area contributed by atoms with Gasteiger partial charge in [0.15, 0.2) is 0 Å². The minimum atomic E-state index is 0.217. The molecule has 0 bridgehead atoms. The third-order valence-electron chi connectivity index (χ3n) is 5.16. The van der Waals surface area contributed by atoms with Crippen molar-refractivity contribution < 1.29 is 4.79 Å². The van der Waals surface area contributed by atoms with Crippen LogP contribution in [0.4, 0.5) is 0 Å². The van der Waals surface area contributed by atoms with Gasteiger partial charge in [0, 0.05) is 30.1 Å². The SMILES string of the molecule is NC1CCC(C(=O)N2CCC(Cc3ccc(Cl)cc3)C2)CC1. The molecule has 1 atom stereocenters. The van der Waals surface area contributed by atoms with Gasteiger partial charge in [-0.2, -0.15) is 0 Å². The molecule has 1 saturated heterocycles. The van der Waals surface area contributed by atoms with Crippen molar-refractivity contribution in [3.05, 3.63) is 34.9 Å². The molecule has 1 aliphatic heterocycles. The molecule has 120 valence electrons.